The summed E-state index contributed by atoms with van der Waals surface area (Å²) < 4.78 is 62.1. The van der Waals surface area contributed by atoms with Gasteiger partial charge in [0.15, 0.2) is 22.8 Å². The Morgan fingerprint density at radius 2 is 1.63 bits per heavy atom. The van der Waals surface area contributed by atoms with Crippen molar-refractivity contribution in [1.29, 1.82) is 0 Å². The Morgan fingerprint density at radius 3 is 2.29 bits per heavy atom. The number of aromatic nitrogens is 4. The van der Waals surface area contributed by atoms with Crippen molar-refractivity contribution in [3.8, 4) is 0 Å². The van der Waals surface area contributed by atoms with Gasteiger partial charge in [-0.15, -0.1) is 0 Å². The summed E-state index contributed by atoms with van der Waals surface area (Å²) in [5.74, 6) is -0.988. The number of hydrogen-bond donors (Lipinski definition) is 9. The molecule has 1 fully saturated rings. The second-order valence-electron chi connectivity index (χ2n) is 13.9. The average Bonchev–Trinajstić information content (AvgIpc) is 3.69. The molecule has 29 heteroatoms. The highest BCUT2D eigenvalue weighted by Crippen LogP contribution is 2.61. The number of carbonyl (C=O) groups is 4. The molecule has 0 aromatic carbocycles. The Bertz CT molecular complexity index is 1920. The van der Waals surface area contributed by atoms with Gasteiger partial charge in [-0.05, 0) is 19.8 Å². The van der Waals surface area contributed by atoms with Crippen molar-refractivity contribution >= 4 is 74.9 Å². The lowest BCUT2D eigenvalue weighted by Crippen LogP contribution is -2.46. The van der Waals surface area contributed by atoms with E-state index >= 15 is 0 Å². The smallest absolute Gasteiger partial charge is 0.386 e. The van der Waals surface area contributed by atoms with Gasteiger partial charge in [0, 0.05) is 43.5 Å². The quantitative estimate of drug-likeness (QED) is 0.0460. The van der Waals surface area contributed by atoms with Gasteiger partial charge in [-0.2, -0.15) is 4.31 Å². The number of imidazole rings is 1. The van der Waals surface area contributed by atoms with Crippen LogP contribution >= 0.6 is 35.2 Å². The summed E-state index contributed by atoms with van der Waals surface area (Å²) in [5, 5.41) is 26.4. The lowest BCUT2D eigenvalue weighted by molar-refractivity contribution is -0.137. The van der Waals surface area contributed by atoms with E-state index in [0.717, 1.165) is 48.2 Å². The molecule has 7 unspecified atom stereocenters. The number of ketones is 1. The molecule has 59 heavy (non-hydrogen) atoms. The van der Waals surface area contributed by atoms with Crippen LogP contribution < -0.4 is 16.4 Å². The van der Waals surface area contributed by atoms with Crippen LogP contribution in [0.2, 0.25) is 0 Å². The Labute approximate surface area is 341 Å². The first-order valence-electron chi connectivity index (χ1n) is 18.0. The number of phosphoric acid groups is 3. The molecule has 7 atom stereocenters. The van der Waals surface area contributed by atoms with E-state index in [1.165, 1.54) is 20.8 Å². The van der Waals surface area contributed by atoms with Crippen molar-refractivity contribution in [3.05, 3.63) is 12.7 Å². The number of aliphatic hydroxyl groups excluding tert-OH is 2. The summed E-state index contributed by atoms with van der Waals surface area (Å²) >= 11 is 1.08. The Kier molecular flexibility index (Phi) is 19.2. The molecule has 2 amide bonds. The van der Waals surface area contributed by atoms with E-state index in [0.29, 0.717) is 25.0 Å². The minimum atomic E-state index is -5.58. The van der Waals surface area contributed by atoms with E-state index in [1.807, 2.05) is 0 Å². The van der Waals surface area contributed by atoms with Gasteiger partial charge < -0.3 is 55.7 Å². The molecule has 2 aromatic heterocycles. The molecule has 1 saturated heterocycles. The van der Waals surface area contributed by atoms with E-state index in [-0.39, 0.29) is 47.4 Å². The average molecular weight is 922 g/mol. The fourth-order valence-electron chi connectivity index (χ4n) is 5.36. The van der Waals surface area contributed by atoms with Crippen LogP contribution in [0.4, 0.5) is 5.82 Å². The lowest BCUT2D eigenvalue weighted by atomic mass is 9.87. The van der Waals surface area contributed by atoms with Gasteiger partial charge in [0.05, 0.1) is 19.5 Å². The maximum Gasteiger partial charge on any atom is 0.481 e. The summed E-state index contributed by atoms with van der Waals surface area (Å²) in [6.07, 6.45) is -2.79. The first-order chi connectivity index (χ1) is 27.4. The largest absolute Gasteiger partial charge is 0.481 e. The van der Waals surface area contributed by atoms with Crippen LogP contribution in [-0.4, -0.2) is 128 Å². The first-order valence-corrected chi connectivity index (χ1v) is 23.5. The van der Waals surface area contributed by atoms with Gasteiger partial charge in [0.1, 0.15) is 42.0 Å². The lowest BCUT2D eigenvalue weighted by Gasteiger charge is -2.30. The Hall–Kier alpha value is -2.77. The number of hydrogen-bond acceptors (Lipinski definition) is 19. The molecule has 2 aromatic rings. The molecule has 0 saturated carbocycles. The normalized spacial score (nSPS) is 21.1. The maximum absolute atomic E-state index is 12.7. The molecule has 0 spiro atoms. The summed E-state index contributed by atoms with van der Waals surface area (Å²) in [5.41, 5.74) is 4.25. The molecule has 0 bridgehead atoms. The molecule has 3 heterocycles. The predicted octanol–water partition coefficient (Wildman–Crippen LogP) is 0.594. The molecular weight excluding hydrogens is 871 g/mol. The van der Waals surface area contributed by atoms with E-state index in [4.69, 9.17) is 19.5 Å². The summed E-state index contributed by atoms with van der Waals surface area (Å²) in [6, 6.07) is 0. The number of rotatable bonds is 26. The first kappa shape index (κ1) is 50.6. The number of Topliss-reactive ketones (excluding diaryl/α,β-unsaturated/α-hetero) is 1. The molecule has 0 aliphatic carbocycles. The van der Waals surface area contributed by atoms with E-state index in [9.17, 15) is 62.7 Å². The number of nitrogens with zero attached hydrogens (tertiary/aromatic N) is 4. The number of nitrogen functional groups attached to an aromatic ring is 1. The molecule has 25 nitrogen and oxygen atoms in total. The van der Waals surface area contributed by atoms with Crippen LogP contribution in [-0.2, 0) is 55.5 Å². The zero-order valence-electron chi connectivity index (χ0n) is 32.2. The molecule has 1 aliphatic heterocycles. The van der Waals surface area contributed by atoms with E-state index < -0.39 is 84.6 Å². The molecular formula is C30H50N7O18P3S. The van der Waals surface area contributed by atoms with Gasteiger partial charge in [0.2, 0.25) is 11.8 Å². The molecule has 334 valence electrons. The number of unbranched alkanes of at least 4 members (excludes halogenated alkanes) is 3. The summed E-state index contributed by atoms with van der Waals surface area (Å²) in [4.78, 5) is 98.7. The van der Waals surface area contributed by atoms with Crippen LogP contribution in [0, 0.1) is 5.41 Å². The van der Waals surface area contributed by atoms with Crippen molar-refractivity contribution < 1.29 is 85.3 Å². The minimum absolute atomic E-state index is 0.0113. The zero-order chi connectivity index (χ0) is 44.2. The molecule has 10 N–H and O–H groups in total. The van der Waals surface area contributed by atoms with Gasteiger partial charge in [0.25, 0.3) is 0 Å². The number of carbonyl (C=O) groups excluding carboxylic acids is 4. The fourth-order valence-corrected chi connectivity index (χ4v) is 8.91. The number of phosphoric ester groups is 3. The van der Waals surface area contributed by atoms with Crippen molar-refractivity contribution in [2.45, 2.75) is 96.4 Å². The minimum Gasteiger partial charge on any atom is -0.386 e. The molecule has 3 rings (SSSR count). The van der Waals surface area contributed by atoms with Crippen LogP contribution in [0.15, 0.2) is 12.7 Å². The van der Waals surface area contributed by atoms with Crippen LogP contribution in [0.3, 0.4) is 0 Å². The number of ether oxygens (including phenoxy) is 1. The second-order valence-corrected chi connectivity index (χ2v) is 19.3. The second kappa shape index (κ2) is 22.4. The highest BCUT2D eigenvalue weighted by Gasteiger charge is 2.50. The Morgan fingerprint density at radius 1 is 0.966 bits per heavy atom. The summed E-state index contributed by atoms with van der Waals surface area (Å²) in [6.45, 7) is 2.00. The highest BCUT2D eigenvalue weighted by molar-refractivity contribution is 8.13. The van der Waals surface area contributed by atoms with Crippen molar-refractivity contribution in [2.75, 3.05) is 37.8 Å². The third kappa shape index (κ3) is 16.9. The van der Waals surface area contributed by atoms with Crippen molar-refractivity contribution in [2.24, 2.45) is 5.41 Å². The molecule has 1 aliphatic rings. The number of nitrogens with two attached hydrogens (primary N) is 1. The maximum atomic E-state index is 12.7. The Balaban J connectivity index is 1.42. The summed E-state index contributed by atoms with van der Waals surface area (Å²) in [7, 11) is -16.4. The standard InChI is InChI=1S/C30H50N7O18P3S/c1-18(38)8-6-4-5-7-9-21(40)59-13-12-32-20(39)10-11-33-28(43)25(42)30(2,3)15-52-58(49,50)55-57(47,48)51-14-19-24(54-56(44,45)46)23(41)29(53-19)37-17-36-22-26(31)34-16-35-27(22)37/h16-17,19,23-25,29,41-42H,4-15H2,1-3H3,(H,32,39)(H,33,43)(H,47,48)(H,49,50)(H2,31,34,35)(H2,44,45,46). The topological polar surface area (TPSA) is 381 Å². The number of thioether (sulfide) groups is 1. The van der Waals surface area contributed by atoms with Crippen LogP contribution in [0.5, 0.6) is 0 Å². The third-order valence-corrected chi connectivity index (χ3v) is 12.5. The van der Waals surface area contributed by atoms with E-state index in [1.54, 1.807) is 0 Å². The number of amides is 2. The highest BCUT2D eigenvalue weighted by atomic mass is 32.2. The monoisotopic (exact) mass is 921 g/mol. The van der Waals surface area contributed by atoms with Gasteiger partial charge in [-0.25, -0.2) is 28.6 Å². The number of nitrogens with one attached hydrogen (secondary N) is 2. The van der Waals surface area contributed by atoms with Gasteiger partial charge in [-0.3, -0.25) is 32.5 Å². The van der Waals surface area contributed by atoms with E-state index in [2.05, 4.69) is 34.4 Å². The zero-order valence-corrected chi connectivity index (χ0v) is 35.7. The van der Waals surface area contributed by atoms with Crippen molar-refractivity contribution in [1.82, 2.24) is 30.2 Å². The molecule has 0 radical (unpaired) electrons. The number of anilines is 1. The third-order valence-electron chi connectivity index (χ3n) is 8.42. The fraction of sp³-hybridized carbons (Fsp3) is 0.700. The van der Waals surface area contributed by atoms with Crippen LogP contribution in [0.1, 0.15) is 71.9 Å². The van der Waals surface area contributed by atoms with Gasteiger partial charge in [-0.1, -0.05) is 38.5 Å². The van der Waals surface area contributed by atoms with Gasteiger partial charge >= 0.3 is 23.5 Å². The number of fused-ring (bicyclic) bond motifs is 1. The predicted molar refractivity (Wildman–Crippen MR) is 205 cm³/mol. The van der Waals surface area contributed by atoms with Crippen molar-refractivity contribution in [3.63, 3.8) is 0 Å². The SMILES string of the molecule is CC(=O)CCCCCCC(=O)SCCNC(=O)CCNC(=O)C(O)C(C)(C)COP(=O)(O)OP(=O)(O)OCC1OC(n2cnc3c(N)ncnc32)C(O)C1OP(=O)(O)O. The van der Waals surface area contributed by atoms with Crippen LogP contribution in [0.25, 0.3) is 11.2 Å². The number of aliphatic hydroxyl groups is 2.